The van der Waals surface area contributed by atoms with E-state index in [1.807, 2.05) is 6.92 Å². The molecule has 0 spiro atoms. The van der Waals surface area contributed by atoms with Crippen LogP contribution in [0.4, 0.5) is 0 Å². The lowest BCUT2D eigenvalue weighted by Gasteiger charge is -2.60. The fraction of sp³-hybridized carbons (Fsp3) is 0.882. The maximum atomic E-state index is 12.7. The number of fused-ring (bicyclic) bond motifs is 5. The number of methoxy groups -OCH3 is 1. The molecule has 4 aliphatic rings. The number of carbonyl (C=O) groups is 2. The van der Waals surface area contributed by atoms with E-state index in [0.29, 0.717) is 36.1 Å². The monoisotopic (exact) mass is 574 g/mol. The largest absolute Gasteiger partial charge is 0.469 e. The molecule has 0 amide bonds. The molecule has 0 bridgehead atoms. The fourth-order valence-corrected chi connectivity index (χ4v) is 10.4. The summed E-state index contributed by atoms with van der Waals surface area (Å²) >= 11 is 0. The Morgan fingerprint density at radius 2 is 1.73 bits per heavy atom. The average Bonchev–Trinajstić information content (AvgIpc) is 3.23. The van der Waals surface area contributed by atoms with E-state index in [2.05, 4.69) is 53.8 Å². The molecule has 0 N–H and O–H groups in total. The zero-order valence-electron chi connectivity index (χ0n) is 27.1. The van der Waals surface area contributed by atoms with Gasteiger partial charge in [0.05, 0.1) is 13.2 Å². The minimum absolute atomic E-state index is 0.0967. The molecule has 4 rings (SSSR count). The van der Waals surface area contributed by atoms with Crippen LogP contribution in [-0.4, -0.2) is 46.0 Å². The first-order valence-corrected chi connectivity index (χ1v) is 19.1. The minimum Gasteiger partial charge on any atom is -0.469 e. The molecule has 0 aromatic heterocycles. The van der Waals surface area contributed by atoms with Crippen LogP contribution in [0.3, 0.4) is 0 Å². The van der Waals surface area contributed by atoms with Crippen molar-refractivity contribution in [1.82, 2.24) is 0 Å². The maximum absolute atomic E-state index is 12.7. The Morgan fingerprint density at radius 1 is 1.00 bits per heavy atom. The second-order valence-electron chi connectivity index (χ2n) is 15.6. The summed E-state index contributed by atoms with van der Waals surface area (Å²) < 4.78 is 18.6. The molecule has 0 aliphatic heterocycles. The van der Waals surface area contributed by atoms with E-state index in [0.717, 1.165) is 58.0 Å². The predicted molar refractivity (Wildman–Crippen MR) is 164 cm³/mol. The van der Waals surface area contributed by atoms with E-state index in [4.69, 9.17) is 13.9 Å². The molecule has 4 aliphatic carbocycles. The van der Waals surface area contributed by atoms with E-state index >= 15 is 0 Å². The van der Waals surface area contributed by atoms with Crippen LogP contribution in [0.15, 0.2) is 11.6 Å². The van der Waals surface area contributed by atoms with Gasteiger partial charge in [-0.1, -0.05) is 52.7 Å². The van der Waals surface area contributed by atoms with Crippen LogP contribution in [0, 0.1) is 34.5 Å². The van der Waals surface area contributed by atoms with E-state index < -0.39 is 8.32 Å². The molecular weight excluding hydrogens is 516 g/mol. The molecule has 228 valence electrons. The quantitative estimate of drug-likeness (QED) is 0.114. The van der Waals surface area contributed by atoms with Gasteiger partial charge in [0.15, 0.2) is 8.32 Å². The highest BCUT2D eigenvalue weighted by Crippen LogP contribution is 2.66. The summed E-state index contributed by atoms with van der Waals surface area (Å²) in [4.78, 5) is 24.2. The van der Waals surface area contributed by atoms with Gasteiger partial charge in [-0.3, -0.25) is 9.59 Å². The molecule has 0 aromatic rings. The molecular formula is C34H58O5Si. The molecule has 6 heteroatoms. The molecule has 3 fully saturated rings. The summed E-state index contributed by atoms with van der Waals surface area (Å²) in [6.07, 6.45) is 14.1. The molecule has 5 nitrogen and oxygen atoms in total. The highest BCUT2D eigenvalue weighted by atomic mass is 28.4. The van der Waals surface area contributed by atoms with Crippen molar-refractivity contribution in [2.24, 2.45) is 34.5 Å². The molecule has 8 atom stereocenters. The number of esters is 1. The van der Waals surface area contributed by atoms with Crippen molar-refractivity contribution in [1.29, 1.82) is 0 Å². The first-order chi connectivity index (χ1) is 18.6. The van der Waals surface area contributed by atoms with Gasteiger partial charge in [-0.2, -0.15) is 0 Å². The number of Topliss-reactive ketones (excluding diaryl/α,β-unsaturated/α-hetero) is 1. The van der Waals surface area contributed by atoms with E-state index in [9.17, 15) is 9.59 Å². The second kappa shape index (κ2) is 12.0. The summed E-state index contributed by atoms with van der Waals surface area (Å²) in [7, 11) is -0.384. The van der Waals surface area contributed by atoms with E-state index in [1.54, 1.807) is 5.57 Å². The van der Waals surface area contributed by atoms with Crippen molar-refractivity contribution in [2.75, 3.05) is 13.7 Å². The molecule has 0 saturated heterocycles. The Labute approximate surface area is 245 Å². The molecule has 0 unspecified atom stereocenters. The van der Waals surface area contributed by atoms with Gasteiger partial charge >= 0.3 is 5.97 Å². The smallest absolute Gasteiger partial charge is 0.305 e. The van der Waals surface area contributed by atoms with Crippen molar-refractivity contribution in [3.63, 3.8) is 0 Å². The third kappa shape index (κ3) is 6.06. The Balaban J connectivity index is 1.56. The van der Waals surface area contributed by atoms with Gasteiger partial charge in [0, 0.05) is 25.0 Å². The molecule has 0 heterocycles. The standard InChI is InChI=1S/C34H58O5Si/c1-23(35)26-14-15-27-31-28(17-19-34(26,27)6)33(5)18-16-25(39-40(8,9)32(2,3)4)21-24(33)22-29(31)38-20-12-10-11-13-30(36)37-7/h22,25-29,31H,10-21H2,1-9H3/t25-,26+,27-,28-,29+,31-,33-,34+/m0/s1. The van der Waals surface area contributed by atoms with Crippen LogP contribution >= 0.6 is 0 Å². The lowest BCUT2D eigenvalue weighted by Crippen LogP contribution is -2.56. The number of carbonyl (C=O) groups excluding carboxylic acids is 2. The zero-order chi connectivity index (χ0) is 29.5. The molecule has 0 aromatic carbocycles. The Morgan fingerprint density at radius 3 is 2.38 bits per heavy atom. The van der Waals surface area contributed by atoms with Crippen LogP contribution in [0.25, 0.3) is 0 Å². The first-order valence-electron chi connectivity index (χ1n) is 16.2. The van der Waals surface area contributed by atoms with Gasteiger partial charge in [-0.25, -0.2) is 0 Å². The normalized spacial score (nSPS) is 37.7. The number of ketones is 1. The van der Waals surface area contributed by atoms with Crippen molar-refractivity contribution in [3.05, 3.63) is 11.6 Å². The lowest BCUT2D eigenvalue weighted by atomic mass is 9.46. The van der Waals surface area contributed by atoms with Gasteiger partial charge < -0.3 is 13.9 Å². The number of hydrogen-bond acceptors (Lipinski definition) is 5. The number of ether oxygens (including phenoxy) is 2. The van der Waals surface area contributed by atoms with Gasteiger partial charge in [-0.05, 0) is 111 Å². The summed E-state index contributed by atoms with van der Waals surface area (Å²) in [6.45, 7) is 19.3. The fourth-order valence-electron chi connectivity index (χ4n) is 8.98. The van der Waals surface area contributed by atoms with Crippen molar-refractivity contribution in [2.45, 2.75) is 143 Å². The summed E-state index contributed by atoms with van der Waals surface area (Å²) in [6, 6.07) is 0. The number of rotatable bonds is 10. The van der Waals surface area contributed by atoms with Gasteiger partial charge in [-0.15, -0.1) is 0 Å². The van der Waals surface area contributed by atoms with Crippen molar-refractivity contribution < 1.29 is 23.5 Å². The van der Waals surface area contributed by atoms with Gasteiger partial charge in [0.25, 0.3) is 0 Å². The Hall–Kier alpha value is -0.983. The third-order valence-corrected chi connectivity index (χ3v) is 16.9. The second-order valence-corrected chi connectivity index (χ2v) is 20.4. The van der Waals surface area contributed by atoms with E-state index in [-0.39, 0.29) is 33.9 Å². The van der Waals surface area contributed by atoms with Crippen LogP contribution in [0.2, 0.25) is 18.1 Å². The maximum Gasteiger partial charge on any atom is 0.305 e. The van der Waals surface area contributed by atoms with Crippen LogP contribution in [0.1, 0.15) is 112 Å². The van der Waals surface area contributed by atoms with Gasteiger partial charge in [0.1, 0.15) is 5.78 Å². The Kier molecular flexibility index (Phi) is 9.54. The number of unbranched alkanes of at least 4 members (excludes halogenated alkanes) is 2. The van der Waals surface area contributed by atoms with Crippen LogP contribution < -0.4 is 0 Å². The predicted octanol–water partition coefficient (Wildman–Crippen LogP) is 8.27. The first kappa shape index (κ1) is 31.9. The molecule has 0 radical (unpaired) electrons. The minimum atomic E-state index is -1.84. The summed E-state index contributed by atoms with van der Waals surface area (Å²) in [5.41, 5.74) is 1.87. The van der Waals surface area contributed by atoms with Crippen molar-refractivity contribution in [3.8, 4) is 0 Å². The molecule has 3 saturated carbocycles. The SMILES string of the molecule is COC(=O)CCCCCO[C@@H]1C=C2C[C@@H](O[Si](C)(C)C(C)(C)C)CC[C@]2(C)[C@H]2CC[C@]3(C)[C@@H](C(C)=O)CC[C@H]3[C@H]12. The summed E-state index contributed by atoms with van der Waals surface area (Å²) in [5, 5.41) is 0.211. The van der Waals surface area contributed by atoms with E-state index in [1.165, 1.54) is 20.0 Å². The topological polar surface area (TPSA) is 61.8 Å². The van der Waals surface area contributed by atoms with Crippen LogP contribution in [0.5, 0.6) is 0 Å². The van der Waals surface area contributed by atoms with Crippen molar-refractivity contribution >= 4 is 20.1 Å². The lowest BCUT2D eigenvalue weighted by molar-refractivity contribution is -0.140. The summed E-state index contributed by atoms with van der Waals surface area (Å²) in [5.74, 6) is 2.08. The highest BCUT2D eigenvalue weighted by Gasteiger charge is 2.62. The zero-order valence-corrected chi connectivity index (χ0v) is 28.1. The average molecular weight is 575 g/mol. The third-order valence-electron chi connectivity index (χ3n) is 12.4. The highest BCUT2D eigenvalue weighted by molar-refractivity contribution is 6.74. The van der Waals surface area contributed by atoms with Gasteiger partial charge in [0.2, 0.25) is 0 Å². The Bertz CT molecular complexity index is 966. The van der Waals surface area contributed by atoms with Crippen LogP contribution in [-0.2, 0) is 23.5 Å². The number of hydrogen-bond donors (Lipinski definition) is 0. The molecule has 40 heavy (non-hydrogen) atoms.